The molecule has 0 radical (unpaired) electrons. The lowest BCUT2D eigenvalue weighted by Crippen LogP contribution is -2.39. The molecule has 1 atom stereocenters. The zero-order valence-corrected chi connectivity index (χ0v) is 15.6. The second kappa shape index (κ2) is 5.77. The number of hydrogen-bond acceptors (Lipinski definition) is 0. The van der Waals surface area contributed by atoms with Gasteiger partial charge in [0.25, 0.3) is 0 Å². The second-order valence-corrected chi connectivity index (χ2v) is 16.6. The molecule has 0 aliphatic carbocycles. The molecule has 0 nitrogen and oxygen atoms in total. The third-order valence-electron chi connectivity index (χ3n) is 5.14. The lowest BCUT2D eigenvalue weighted by molar-refractivity contribution is 0.739. The standard InChI is InChI=1S/C18H31ClS/c1-8-11-15(16-12-9-10-13-17(16)19)14-20(5,6,7)18(2,3)4/h8-10,12-13,15,20H,1,11,14H2,2-7H3. The summed E-state index contributed by atoms with van der Waals surface area (Å²) in [6, 6.07) is 8.26. The highest BCUT2D eigenvalue weighted by Crippen LogP contribution is 2.71. The molecule has 1 aromatic rings. The van der Waals surface area contributed by atoms with E-state index in [4.69, 9.17) is 11.6 Å². The highest BCUT2D eigenvalue weighted by atomic mass is 35.5. The van der Waals surface area contributed by atoms with Crippen LogP contribution in [0.5, 0.6) is 0 Å². The van der Waals surface area contributed by atoms with Crippen molar-refractivity contribution < 1.29 is 0 Å². The van der Waals surface area contributed by atoms with E-state index in [0.717, 1.165) is 11.4 Å². The summed E-state index contributed by atoms with van der Waals surface area (Å²) in [5.41, 5.74) is 1.28. The molecule has 0 bridgehead atoms. The first kappa shape index (κ1) is 17.7. The fourth-order valence-electron chi connectivity index (χ4n) is 2.35. The van der Waals surface area contributed by atoms with E-state index in [1.54, 1.807) is 0 Å². The molecule has 1 unspecified atom stereocenters. The van der Waals surface area contributed by atoms with E-state index in [0.29, 0.717) is 10.7 Å². The molecular formula is C18H31ClS. The Balaban J connectivity index is 3.18. The van der Waals surface area contributed by atoms with Crippen molar-refractivity contribution in [1.29, 1.82) is 0 Å². The highest BCUT2D eigenvalue weighted by Gasteiger charge is 2.40. The van der Waals surface area contributed by atoms with Gasteiger partial charge in [-0.3, -0.25) is 9.16 Å². The fraction of sp³-hybridized carbons (Fsp3) is 0.556. The molecule has 0 aliphatic heterocycles. The Morgan fingerprint density at radius 3 is 2.20 bits per heavy atom. The minimum Gasteiger partial charge on any atom is -0.285 e. The largest absolute Gasteiger partial charge is 0.285 e. The molecule has 0 saturated carbocycles. The van der Waals surface area contributed by atoms with Crippen LogP contribution in [0, 0.1) is 0 Å². The third-order valence-corrected chi connectivity index (χ3v) is 12.2. The molecule has 1 aromatic carbocycles. The molecule has 2 heteroatoms. The van der Waals surface area contributed by atoms with Crippen LogP contribution in [0.3, 0.4) is 0 Å². The SMILES string of the molecule is C=CCC(C[SH](C)(C)(C)C(C)(C)C)c1ccccc1Cl. The number of benzene rings is 1. The van der Waals surface area contributed by atoms with Crippen molar-refractivity contribution in [2.24, 2.45) is 0 Å². The van der Waals surface area contributed by atoms with Crippen LogP contribution < -0.4 is 0 Å². The molecule has 0 aromatic heterocycles. The van der Waals surface area contributed by atoms with Crippen molar-refractivity contribution in [1.82, 2.24) is 0 Å². The van der Waals surface area contributed by atoms with Crippen LogP contribution >= 0.6 is 20.8 Å². The number of allylic oxidation sites excluding steroid dienone is 1. The molecule has 20 heavy (non-hydrogen) atoms. The fourth-order valence-corrected chi connectivity index (χ4v) is 5.08. The summed E-state index contributed by atoms with van der Waals surface area (Å²) in [5.74, 6) is 1.68. The molecule has 0 saturated heterocycles. The Morgan fingerprint density at radius 1 is 1.20 bits per heavy atom. The number of rotatable bonds is 5. The molecule has 116 valence electrons. The first-order valence-electron chi connectivity index (χ1n) is 7.32. The highest BCUT2D eigenvalue weighted by molar-refractivity contribution is 8.49. The van der Waals surface area contributed by atoms with E-state index in [9.17, 15) is 0 Å². The van der Waals surface area contributed by atoms with Gasteiger partial charge in [-0.1, -0.05) is 56.6 Å². The Hall–Kier alpha value is -0.400. The smallest absolute Gasteiger partial charge is 0.0441 e. The molecular weight excluding hydrogens is 284 g/mol. The quantitative estimate of drug-likeness (QED) is 0.518. The lowest BCUT2D eigenvalue weighted by atomic mass is 9.98. The van der Waals surface area contributed by atoms with Gasteiger partial charge in [0.2, 0.25) is 0 Å². The minimum absolute atomic E-state index is 0.340. The molecule has 0 aliphatic rings. The molecule has 0 heterocycles. The summed E-state index contributed by atoms with van der Waals surface area (Å²) in [6.07, 6.45) is 10.5. The van der Waals surface area contributed by atoms with Crippen molar-refractivity contribution in [3.63, 3.8) is 0 Å². The maximum absolute atomic E-state index is 6.42. The van der Waals surface area contributed by atoms with E-state index >= 15 is 0 Å². The van der Waals surface area contributed by atoms with Gasteiger partial charge in [-0.15, -0.1) is 6.58 Å². The van der Waals surface area contributed by atoms with Crippen LogP contribution in [0.2, 0.25) is 5.02 Å². The Morgan fingerprint density at radius 2 is 1.75 bits per heavy atom. The summed E-state index contributed by atoms with van der Waals surface area (Å²) >= 11 is 6.42. The normalized spacial score (nSPS) is 16.2. The molecule has 0 spiro atoms. The van der Waals surface area contributed by atoms with Crippen LogP contribution in [0.1, 0.15) is 38.7 Å². The van der Waals surface area contributed by atoms with Gasteiger partial charge in [-0.2, -0.15) is 0 Å². The van der Waals surface area contributed by atoms with Gasteiger partial charge in [0.1, 0.15) is 0 Å². The van der Waals surface area contributed by atoms with Crippen LogP contribution in [0.25, 0.3) is 0 Å². The van der Waals surface area contributed by atoms with Crippen molar-refractivity contribution in [3.8, 4) is 0 Å². The molecule has 0 N–H and O–H groups in total. The zero-order chi connectivity index (χ0) is 15.6. The monoisotopic (exact) mass is 314 g/mol. The first-order chi connectivity index (χ1) is 8.97. The number of halogens is 1. The van der Waals surface area contributed by atoms with Crippen LogP contribution in [-0.4, -0.2) is 29.3 Å². The van der Waals surface area contributed by atoms with Crippen molar-refractivity contribution in [2.45, 2.75) is 37.9 Å². The first-order valence-corrected chi connectivity index (χ1v) is 11.5. The topological polar surface area (TPSA) is 0 Å². The second-order valence-electron chi connectivity index (χ2n) is 8.22. The van der Waals surface area contributed by atoms with Crippen molar-refractivity contribution >= 4 is 20.8 Å². The number of thiol groups is 1. The van der Waals surface area contributed by atoms with Gasteiger partial charge in [0, 0.05) is 5.02 Å². The summed E-state index contributed by atoms with van der Waals surface area (Å²) in [4.78, 5) is 0. The van der Waals surface area contributed by atoms with Crippen LogP contribution in [0.15, 0.2) is 36.9 Å². The van der Waals surface area contributed by atoms with Gasteiger partial charge in [0.15, 0.2) is 0 Å². The summed E-state index contributed by atoms with van der Waals surface area (Å²) in [7, 11) is -1.80. The van der Waals surface area contributed by atoms with Gasteiger partial charge in [0.05, 0.1) is 0 Å². The van der Waals surface area contributed by atoms with Gasteiger partial charge in [-0.25, -0.2) is 0 Å². The number of hydrogen-bond donors (Lipinski definition) is 1. The molecule has 1 rings (SSSR count). The van der Waals surface area contributed by atoms with Crippen LogP contribution in [-0.2, 0) is 0 Å². The van der Waals surface area contributed by atoms with E-state index < -0.39 is 9.16 Å². The summed E-state index contributed by atoms with van der Waals surface area (Å²) < 4.78 is 0.340. The molecule has 0 amide bonds. The van der Waals surface area contributed by atoms with Crippen LogP contribution in [0.4, 0.5) is 0 Å². The maximum atomic E-state index is 6.42. The van der Waals surface area contributed by atoms with E-state index in [2.05, 4.69) is 58.3 Å². The lowest BCUT2D eigenvalue weighted by Gasteiger charge is -2.63. The Labute approximate surface area is 130 Å². The Bertz CT molecular complexity index is 474. The van der Waals surface area contributed by atoms with Gasteiger partial charge < -0.3 is 0 Å². The predicted molar refractivity (Wildman–Crippen MR) is 100 cm³/mol. The van der Waals surface area contributed by atoms with E-state index in [1.807, 2.05) is 18.2 Å². The van der Waals surface area contributed by atoms with E-state index in [-0.39, 0.29) is 0 Å². The summed E-state index contributed by atoms with van der Waals surface area (Å²) in [6.45, 7) is 11.1. The zero-order valence-electron chi connectivity index (χ0n) is 13.9. The average Bonchev–Trinajstić information content (AvgIpc) is 2.26. The van der Waals surface area contributed by atoms with Crippen molar-refractivity contribution in [3.05, 3.63) is 47.5 Å². The minimum atomic E-state index is -1.80. The third kappa shape index (κ3) is 3.83. The van der Waals surface area contributed by atoms with Gasteiger partial charge >= 0.3 is 0 Å². The maximum Gasteiger partial charge on any atom is 0.0441 e. The Kier molecular flexibility index (Phi) is 5.09. The predicted octanol–water partition coefficient (Wildman–Crippen LogP) is 5.76. The molecule has 0 fully saturated rings. The average molecular weight is 315 g/mol. The van der Waals surface area contributed by atoms with Crippen molar-refractivity contribution in [2.75, 3.05) is 24.5 Å². The van der Waals surface area contributed by atoms with Gasteiger partial charge in [-0.05, 0) is 53.2 Å². The van der Waals surface area contributed by atoms with E-state index in [1.165, 1.54) is 11.3 Å². The summed E-state index contributed by atoms with van der Waals surface area (Å²) in [5, 5.41) is 0.889.